The lowest BCUT2D eigenvalue weighted by molar-refractivity contribution is -0.137. The molecule has 0 saturated carbocycles. The molecule has 2 aromatic carbocycles. The number of halogens is 3. The number of nitriles is 1. The number of hydrogen-bond acceptors (Lipinski definition) is 5. The van der Waals surface area contributed by atoms with E-state index in [-0.39, 0.29) is 11.0 Å². The second-order valence-corrected chi connectivity index (χ2v) is 6.63. The van der Waals surface area contributed by atoms with Crippen LogP contribution in [0.3, 0.4) is 0 Å². The fourth-order valence-electron chi connectivity index (χ4n) is 3.04. The van der Waals surface area contributed by atoms with Crippen molar-refractivity contribution in [2.75, 3.05) is 0 Å². The smallest absolute Gasteiger partial charge is 0.281 e. The fraction of sp³-hybridized carbons (Fsp3) is 0.0952. The van der Waals surface area contributed by atoms with E-state index in [1.54, 1.807) is 35.8 Å². The molecule has 7 nitrogen and oxygen atoms in total. The van der Waals surface area contributed by atoms with Gasteiger partial charge in [-0.2, -0.15) is 23.5 Å². The molecule has 10 heteroatoms. The molecule has 0 spiro atoms. The van der Waals surface area contributed by atoms with Crippen LogP contribution >= 0.6 is 0 Å². The number of nitrogens with zero attached hydrogens (tertiary/aromatic N) is 6. The van der Waals surface area contributed by atoms with Crippen molar-refractivity contribution in [1.82, 2.24) is 19.2 Å². The Morgan fingerprint density at radius 3 is 2.39 bits per heavy atom. The molecule has 0 aliphatic heterocycles. The summed E-state index contributed by atoms with van der Waals surface area (Å²) >= 11 is 0. The summed E-state index contributed by atoms with van der Waals surface area (Å²) in [5.74, 6) is 0.476. The summed E-state index contributed by atoms with van der Waals surface area (Å²) in [5, 5.41) is 21.5. The van der Waals surface area contributed by atoms with Gasteiger partial charge in [-0.3, -0.25) is 9.98 Å². The van der Waals surface area contributed by atoms with Crippen LogP contribution in [0.5, 0.6) is 0 Å². The predicted molar refractivity (Wildman–Crippen MR) is 107 cm³/mol. The van der Waals surface area contributed by atoms with Crippen LogP contribution < -0.4 is 5.49 Å². The molecule has 0 aliphatic carbocycles. The third-order valence-electron chi connectivity index (χ3n) is 4.59. The molecule has 154 valence electrons. The lowest BCUT2D eigenvalue weighted by Gasteiger charge is -2.10. The van der Waals surface area contributed by atoms with Crippen LogP contribution in [0, 0.1) is 23.7 Å². The van der Waals surface area contributed by atoms with E-state index in [9.17, 15) is 13.2 Å². The van der Waals surface area contributed by atoms with E-state index in [1.165, 1.54) is 29.4 Å². The average molecular weight is 421 g/mol. The maximum absolute atomic E-state index is 12.8. The molecule has 2 aromatic heterocycles. The van der Waals surface area contributed by atoms with Crippen LogP contribution in [-0.4, -0.2) is 25.4 Å². The van der Waals surface area contributed by atoms with Crippen LogP contribution in [0.1, 0.15) is 22.5 Å². The minimum Gasteiger partial charge on any atom is -0.281 e. The zero-order valence-electron chi connectivity index (χ0n) is 16.1. The second-order valence-electron chi connectivity index (χ2n) is 6.63. The van der Waals surface area contributed by atoms with E-state index in [0.717, 1.165) is 17.7 Å². The molecular formula is C21H14F3N7. The Balaban J connectivity index is 1.72. The number of imidazole rings is 1. The van der Waals surface area contributed by atoms with E-state index >= 15 is 0 Å². The lowest BCUT2D eigenvalue weighted by Crippen LogP contribution is -2.18. The van der Waals surface area contributed by atoms with Gasteiger partial charge in [-0.05, 0) is 48.9 Å². The average Bonchev–Trinajstić information content (AvgIpc) is 3.10. The molecule has 0 unspecified atom stereocenters. The van der Waals surface area contributed by atoms with Gasteiger partial charge >= 0.3 is 6.18 Å². The number of benzene rings is 2. The van der Waals surface area contributed by atoms with E-state index in [4.69, 9.17) is 10.7 Å². The maximum Gasteiger partial charge on any atom is 0.416 e. The van der Waals surface area contributed by atoms with Crippen LogP contribution in [0.4, 0.5) is 13.2 Å². The molecule has 31 heavy (non-hydrogen) atoms. The molecule has 0 atom stereocenters. The number of aryl methyl sites for hydroxylation is 1. The Hall–Kier alpha value is -4.26. The molecule has 0 amide bonds. The summed E-state index contributed by atoms with van der Waals surface area (Å²) in [5.41, 5.74) is 1.55. The van der Waals surface area contributed by atoms with E-state index in [0.29, 0.717) is 22.7 Å². The van der Waals surface area contributed by atoms with Gasteiger partial charge in [0.2, 0.25) is 0 Å². The molecule has 2 heterocycles. The Bertz CT molecular complexity index is 1390. The van der Waals surface area contributed by atoms with Crippen molar-refractivity contribution in [3.63, 3.8) is 0 Å². The first kappa shape index (κ1) is 20.0. The minimum absolute atomic E-state index is 0.0244. The lowest BCUT2D eigenvalue weighted by atomic mass is 10.2. The van der Waals surface area contributed by atoms with Gasteiger partial charge in [0.25, 0.3) is 0 Å². The number of nitrogens with one attached hydrogen (secondary N) is 1. The number of alkyl halides is 3. The van der Waals surface area contributed by atoms with E-state index in [1.807, 2.05) is 6.07 Å². The van der Waals surface area contributed by atoms with Gasteiger partial charge < -0.3 is 0 Å². The minimum atomic E-state index is -4.42. The molecule has 0 radical (unpaired) electrons. The topological polar surface area (TPSA) is 95.6 Å². The Morgan fingerprint density at radius 2 is 1.77 bits per heavy atom. The van der Waals surface area contributed by atoms with Gasteiger partial charge in [0.05, 0.1) is 23.4 Å². The predicted octanol–water partition coefficient (Wildman–Crippen LogP) is 3.78. The molecule has 0 aliphatic rings. The van der Waals surface area contributed by atoms with Gasteiger partial charge in [0, 0.05) is 5.69 Å². The van der Waals surface area contributed by atoms with E-state index in [2.05, 4.69) is 15.1 Å². The highest BCUT2D eigenvalue weighted by Crippen LogP contribution is 2.30. The summed E-state index contributed by atoms with van der Waals surface area (Å²) in [6, 6.07) is 13.5. The van der Waals surface area contributed by atoms with Crippen molar-refractivity contribution in [3.05, 3.63) is 82.9 Å². The van der Waals surface area contributed by atoms with Crippen LogP contribution in [0.2, 0.25) is 0 Å². The second kappa shape index (κ2) is 7.53. The first-order valence-electron chi connectivity index (χ1n) is 9.01. The van der Waals surface area contributed by atoms with Gasteiger partial charge in [-0.1, -0.05) is 12.1 Å². The number of fused-ring (bicyclic) bond motifs is 1. The van der Waals surface area contributed by atoms with Crippen molar-refractivity contribution in [1.29, 1.82) is 10.7 Å². The standard InChI is InChI=1S/C21H14F3N7/c1-13-29-18-19(26)30(28-11-15-4-2-14(10-25)3-5-15)12-27-20(18)31(13)17-8-6-16(7-9-17)21(22,23)24/h2-9,11-12,26H,1H3. The molecular weight excluding hydrogens is 407 g/mol. The number of rotatable bonds is 3. The SMILES string of the molecule is Cc1nc2c(=N)n(N=Cc3ccc(C#N)cc3)cnc2n1-c1ccc(C(F)(F)F)cc1. The maximum atomic E-state index is 12.8. The van der Waals surface area contributed by atoms with Crippen LogP contribution in [0.25, 0.3) is 16.9 Å². The number of aromatic nitrogens is 4. The van der Waals surface area contributed by atoms with Crippen molar-refractivity contribution in [2.24, 2.45) is 5.10 Å². The highest BCUT2D eigenvalue weighted by molar-refractivity contribution is 5.80. The summed E-state index contributed by atoms with van der Waals surface area (Å²) in [4.78, 5) is 8.67. The van der Waals surface area contributed by atoms with Crippen LogP contribution in [0.15, 0.2) is 60.0 Å². The zero-order chi connectivity index (χ0) is 22.2. The molecule has 4 rings (SSSR count). The normalized spacial score (nSPS) is 11.8. The first-order chi connectivity index (χ1) is 14.8. The Morgan fingerprint density at radius 1 is 1.10 bits per heavy atom. The number of hydrogen-bond donors (Lipinski definition) is 1. The molecule has 0 fully saturated rings. The first-order valence-corrected chi connectivity index (χ1v) is 9.01. The van der Waals surface area contributed by atoms with Crippen molar-refractivity contribution in [3.8, 4) is 11.8 Å². The van der Waals surface area contributed by atoms with Gasteiger partial charge in [-0.15, -0.1) is 0 Å². The molecule has 1 N–H and O–H groups in total. The summed E-state index contributed by atoms with van der Waals surface area (Å²) < 4.78 is 41.3. The van der Waals surface area contributed by atoms with Gasteiger partial charge in [-0.25, -0.2) is 14.6 Å². The van der Waals surface area contributed by atoms with Gasteiger partial charge in [0.15, 0.2) is 16.7 Å². The van der Waals surface area contributed by atoms with Crippen molar-refractivity contribution in [2.45, 2.75) is 13.1 Å². The van der Waals surface area contributed by atoms with E-state index < -0.39 is 11.7 Å². The quantitative estimate of drug-likeness (QED) is 0.510. The van der Waals surface area contributed by atoms with Crippen LogP contribution in [-0.2, 0) is 6.18 Å². The zero-order valence-corrected chi connectivity index (χ0v) is 16.1. The Labute approximate surface area is 173 Å². The summed E-state index contributed by atoms with van der Waals surface area (Å²) in [7, 11) is 0. The highest BCUT2D eigenvalue weighted by atomic mass is 19.4. The Kier molecular flexibility index (Phi) is 4.87. The van der Waals surface area contributed by atoms with Crippen molar-refractivity contribution < 1.29 is 13.2 Å². The highest BCUT2D eigenvalue weighted by Gasteiger charge is 2.30. The largest absolute Gasteiger partial charge is 0.416 e. The third kappa shape index (κ3) is 3.81. The van der Waals surface area contributed by atoms with Gasteiger partial charge in [0.1, 0.15) is 12.2 Å². The summed E-state index contributed by atoms with van der Waals surface area (Å²) in [6.07, 6.45) is -1.56. The molecule has 0 bridgehead atoms. The summed E-state index contributed by atoms with van der Waals surface area (Å²) in [6.45, 7) is 1.68. The molecule has 4 aromatic rings. The molecule has 0 saturated heterocycles. The van der Waals surface area contributed by atoms with Crippen molar-refractivity contribution >= 4 is 17.4 Å². The third-order valence-corrected chi connectivity index (χ3v) is 4.59. The monoisotopic (exact) mass is 421 g/mol. The fourth-order valence-corrected chi connectivity index (χ4v) is 3.04.